The van der Waals surface area contributed by atoms with E-state index in [9.17, 15) is 0 Å². The van der Waals surface area contributed by atoms with Gasteiger partial charge in [-0.3, -0.25) is 0 Å². The van der Waals surface area contributed by atoms with Gasteiger partial charge in [-0.2, -0.15) is 0 Å². The van der Waals surface area contributed by atoms with E-state index in [1.807, 2.05) is 12.1 Å². The summed E-state index contributed by atoms with van der Waals surface area (Å²) in [5.41, 5.74) is 15.6. The van der Waals surface area contributed by atoms with E-state index in [0.29, 0.717) is 0 Å². The highest BCUT2D eigenvalue weighted by atomic mass is 16.3. The lowest BCUT2D eigenvalue weighted by Gasteiger charge is -2.28. The molecule has 0 N–H and O–H groups in total. The third-order valence-electron chi connectivity index (χ3n) is 12.2. The van der Waals surface area contributed by atoms with Gasteiger partial charge in [0.2, 0.25) is 0 Å². The van der Waals surface area contributed by atoms with E-state index in [1.165, 1.54) is 60.5 Å². The monoisotopic (exact) mass is 778 g/mol. The summed E-state index contributed by atoms with van der Waals surface area (Å²) in [6, 6.07) is 82.9. The number of para-hydroxylation sites is 5. The first kappa shape index (κ1) is 34.9. The van der Waals surface area contributed by atoms with E-state index in [0.717, 1.165) is 50.1 Å². The van der Waals surface area contributed by atoms with Crippen LogP contribution in [0.5, 0.6) is 0 Å². The number of fused-ring (bicyclic) bond motifs is 7. The Hall–Kier alpha value is -8.14. The third kappa shape index (κ3) is 5.82. The van der Waals surface area contributed by atoms with Gasteiger partial charge >= 0.3 is 0 Å². The minimum Gasteiger partial charge on any atom is -0.456 e. The summed E-state index contributed by atoms with van der Waals surface area (Å²) in [6.07, 6.45) is 0. The van der Waals surface area contributed by atoms with Gasteiger partial charge in [0.1, 0.15) is 11.2 Å². The van der Waals surface area contributed by atoms with Crippen LogP contribution in [0, 0.1) is 0 Å². The lowest BCUT2D eigenvalue weighted by Crippen LogP contribution is -2.11. The standard InChI is InChI=1S/C58H38N2O/c1-2-16-45-41(14-1)15-13-22-47(45)48-18-4-9-24-54(48)59(44-36-37-58-52(38-44)51-21-7-12-27-57(51)61-58)43-34-32-40(33-35-43)39-28-30-42(31-29-39)46-17-3-8-23-53(46)60-55-25-10-5-19-49(55)50-20-6-11-26-56(50)60/h1-38H. The Labute approximate surface area is 353 Å². The molecule has 10 aromatic carbocycles. The zero-order chi connectivity index (χ0) is 40.3. The third-order valence-corrected chi connectivity index (χ3v) is 12.2. The molecule has 0 aliphatic carbocycles. The van der Waals surface area contributed by atoms with E-state index in [-0.39, 0.29) is 0 Å². The van der Waals surface area contributed by atoms with Gasteiger partial charge in [0.15, 0.2) is 0 Å². The highest BCUT2D eigenvalue weighted by Crippen LogP contribution is 2.45. The topological polar surface area (TPSA) is 21.3 Å². The van der Waals surface area contributed by atoms with Gasteiger partial charge in [-0.05, 0) is 93.7 Å². The van der Waals surface area contributed by atoms with Gasteiger partial charge < -0.3 is 13.9 Å². The first-order valence-corrected chi connectivity index (χ1v) is 20.8. The predicted molar refractivity (Wildman–Crippen MR) is 257 cm³/mol. The van der Waals surface area contributed by atoms with E-state index >= 15 is 0 Å². The molecule has 0 bridgehead atoms. The second-order valence-electron chi connectivity index (χ2n) is 15.7. The number of rotatable bonds is 7. The Morgan fingerprint density at radius 2 is 0.852 bits per heavy atom. The van der Waals surface area contributed by atoms with Crippen molar-refractivity contribution in [2.24, 2.45) is 0 Å². The number of furan rings is 1. The van der Waals surface area contributed by atoms with Crippen molar-refractivity contribution in [2.75, 3.05) is 4.90 Å². The van der Waals surface area contributed by atoms with Gasteiger partial charge in [0, 0.05) is 44.0 Å². The number of benzene rings is 10. The maximum absolute atomic E-state index is 6.28. The highest BCUT2D eigenvalue weighted by molar-refractivity contribution is 6.10. The summed E-state index contributed by atoms with van der Waals surface area (Å²) in [7, 11) is 0. The summed E-state index contributed by atoms with van der Waals surface area (Å²) < 4.78 is 8.69. The summed E-state index contributed by atoms with van der Waals surface area (Å²) >= 11 is 0. The van der Waals surface area contributed by atoms with Crippen LogP contribution < -0.4 is 4.90 Å². The van der Waals surface area contributed by atoms with Crippen molar-refractivity contribution in [3.63, 3.8) is 0 Å². The second-order valence-corrected chi connectivity index (χ2v) is 15.7. The molecule has 286 valence electrons. The van der Waals surface area contributed by atoms with Crippen molar-refractivity contribution < 1.29 is 4.42 Å². The molecule has 61 heavy (non-hydrogen) atoms. The predicted octanol–water partition coefficient (Wildman–Crippen LogP) is 16.3. The van der Waals surface area contributed by atoms with E-state index < -0.39 is 0 Å². The average molecular weight is 779 g/mol. The molecule has 2 aromatic heterocycles. The Balaban J connectivity index is 0.949. The van der Waals surface area contributed by atoms with Crippen molar-refractivity contribution in [1.82, 2.24) is 4.57 Å². The molecule has 0 saturated heterocycles. The van der Waals surface area contributed by atoms with Crippen molar-refractivity contribution in [3.8, 4) is 39.1 Å². The molecule has 3 nitrogen and oxygen atoms in total. The summed E-state index contributed by atoms with van der Waals surface area (Å²) in [5.74, 6) is 0. The van der Waals surface area contributed by atoms with Crippen LogP contribution in [0.25, 0.3) is 93.6 Å². The van der Waals surface area contributed by atoms with Crippen molar-refractivity contribution in [1.29, 1.82) is 0 Å². The van der Waals surface area contributed by atoms with Gasteiger partial charge in [-0.1, -0.05) is 170 Å². The molecular weight excluding hydrogens is 741 g/mol. The number of hydrogen-bond donors (Lipinski definition) is 0. The molecule has 3 heteroatoms. The molecule has 0 spiro atoms. The largest absolute Gasteiger partial charge is 0.456 e. The normalized spacial score (nSPS) is 11.6. The fraction of sp³-hybridized carbons (Fsp3) is 0. The van der Waals surface area contributed by atoms with Crippen LogP contribution in [0.2, 0.25) is 0 Å². The molecule has 0 aliphatic heterocycles. The van der Waals surface area contributed by atoms with Crippen LogP contribution in [0.1, 0.15) is 0 Å². The smallest absolute Gasteiger partial charge is 0.135 e. The van der Waals surface area contributed by atoms with Gasteiger partial charge in [-0.15, -0.1) is 0 Å². The zero-order valence-electron chi connectivity index (χ0n) is 33.2. The van der Waals surface area contributed by atoms with Crippen molar-refractivity contribution >= 4 is 71.6 Å². The second kappa shape index (κ2) is 14.3. The average Bonchev–Trinajstić information content (AvgIpc) is 3.87. The summed E-state index contributed by atoms with van der Waals surface area (Å²) in [4.78, 5) is 2.39. The SMILES string of the molecule is c1ccc(N(c2ccc(-c3ccc(-c4ccccc4-n4c5ccccc5c5ccccc54)cc3)cc2)c2ccc3oc4ccccc4c3c2)c(-c2cccc3ccccc23)c1. The lowest BCUT2D eigenvalue weighted by molar-refractivity contribution is 0.669. The summed E-state index contributed by atoms with van der Waals surface area (Å²) in [5, 5.41) is 7.18. The highest BCUT2D eigenvalue weighted by Gasteiger charge is 2.20. The number of anilines is 3. The number of nitrogens with zero attached hydrogens (tertiary/aromatic N) is 2. The molecule has 0 unspecified atom stereocenters. The molecule has 0 radical (unpaired) electrons. The molecule has 0 atom stereocenters. The Morgan fingerprint density at radius 3 is 1.62 bits per heavy atom. The molecule has 0 saturated carbocycles. The van der Waals surface area contributed by atoms with Crippen LogP contribution in [0.4, 0.5) is 17.1 Å². The van der Waals surface area contributed by atoms with Crippen LogP contribution >= 0.6 is 0 Å². The first-order chi connectivity index (χ1) is 30.3. The molecule has 0 fully saturated rings. The molecular formula is C58H38N2O. The minimum absolute atomic E-state index is 0.878. The first-order valence-electron chi connectivity index (χ1n) is 20.8. The minimum atomic E-state index is 0.878. The van der Waals surface area contributed by atoms with Crippen molar-refractivity contribution in [3.05, 3.63) is 231 Å². The van der Waals surface area contributed by atoms with E-state index in [1.54, 1.807) is 0 Å². The molecule has 0 amide bonds. The van der Waals surface area contributed by atoms with E-state index in [2.05, 4.69) is 228 Å². The Bertz CT molecular complexity index is 3530. The van der Waals surface area contributed by atoms with Gasteiger partial charge in [-0.25, -0.2) is 0 Å². The van der Waals surface area contributed by atoms with E-state index in [4.69, 9.17) is 4.42 Å². The van der Waals surface area contributed by atoms with Crippen LogP contribution in [-0.4, -0.2) is 4.57 Å². The van der Waals surface area contributed by atoms with Gasteiger partial charge in [0.25, 0.3) is 0 Å². The van der Waals surface area contributed by atoms with Gasteiger partial charge in [0.05, 0.1) is 22.4 Å². The van der Waals surface area contributed by atoms with Crippen LogP contribution in [0.3, 0.4) is 0 Å². The molecule has 0 aliphatic rings. The van der Waals surface area contributed by atoms with Crippen molar-refractivity contribution in [2.45, 2.75) is 0 Å². The molecule has 12 aromatic rings. The number of aromatic nitrogens is 1. The fourth-order valence-electron chi connectivity index (χ4n) is 9.38. The Kier molecular flexibility index (Phi) is 8.17. The lowest BCUT2D eigenvalue weighted by atomic mass is 9.96. The fourth-order valence-corrected chi connectivity index (χ4v) is 9.38. The number of hydrogen-bond acceptors (Lipinski definition) is 2. The maximum Gasteiger partial charge on any atom is 0.135 e. The zero-order valence-corrected chi connectivity index (χ0v) is 33.2. The maximum atomic E-state index is 6.28. The summed E-state index contributed by atoms with van der Waals surface area (Å²) in [6.45, 7) is 0. The van der Waals surface area contributed by atoms with Crippen LogP contribution in [-0.2, 0) is 0 Å². The quantitative estimate of drug-likeness (QED) is 0.161. The molecule has 12 rings (SSSR count). The Morgan fingerprint density at radius 1 is 0.328 bits per heavy atom. The van der Waals surface area contributed by atoms with Crippen LogP contribution in [0.15, 0.2) is 235 Å². The molecule has 2 heterocycles.